The van der Waals surface area contributed by atoms with Crippen molar-refractivity contribution in [3.8, 4) is 11.3 Å². The van der Waals surface area contributed by atoms with E-state index >= 15 is 0 Å². The van der Waals surface area contributed by atoms with Crippen molar-refractivity contribution >= 4 is 17.9 Å². The summed E-state index contributed by atoms with van der Waals surface area (Å²) in [6, 6.07) is 6.18. The molecule has 2 aliphatic rings. The second kappa shape index (κ2) is 11.2. The fraction of sp³-hybridized carbons (Fsp3) is 0.560. The molecule has 10 nitrogen and oxygen atoms in total. The number of nitrogens with zero attached hydrogens (tertiary/aromatic N) is 6. The summed E-state index contributed by atoms with van der Waals surface area (Å²) in [5, 5.41) is 11.3. The maximum absolute atomic E-state index is 13.2. The van der Waals surface area contributed by atoms with Gasteiger partial charge in [-0.15, -0.1) is 5.10 Å². The number of halogens is 1. The highest BCUT2D eigenvalue weighted by Crippen LogP contribution is 2.19. The highest BCUT2D eigenvalue weighted by Gasteiger charge is 2.28. The molecule has 0 saturated carbocycles. The first kappa shape index (κ1) is 25.7. The molecule has 1 aromatic heterocycles. The predicted octanol–water partition coefficient (Wildman–Crippen LogP) is 2.32. The minimum Gasteiger partial charge on any atom is -0.444 e. The lowest BCUT2D eigenvalue weighted by Gasteiger charge is -2.35. The topological polar surface area (TPSA) is 104 Å². The Morgan fingerprint density at radius 3 is 2.36 bits per heavy atom. The standard InChI is InChI=1S/C25H34FN7O3/c1-25(2,3)36-24(35)33-10-8-20(9-11-33)28-22(34)17-31-12-14-32(15-13-31)23-29-21(16-27-30-23)18-4-6-19(26)7-5-18/h4-7,16,20H,8-15,17H2,1-3H3,(H,28,34). The Morgan fingerprint density at radius 2 is 1.72 bits per heavy atom. The average Bonchev–Trinajstić information content (AvgIpc) is 2.84. The van der Waals surface area contributed by atoms with E-state index in [-0.39, 0.29) is 23.9 Å². The number of hydrogen-bond donors (Lipinski definition) is 1. The van der Waals surface area contributed by atoms with Crippen molar-refractivity contribution in [2.75, 3.05) is 50.7 Å². The van der Waals surface area contributed by atoms with Gasteiger partial charge in [0.15, 0.2) is 0 Å². The molecule has 0 bridgehead atoms. The van der Waals surface area contributed by atoms with Gasteiger partial charge in [0, 0.05) is 50.9 Å². The van der Waals surface area contributed by atoms with E-state index in [2.05, 4.69) is 25.4 Å². The van der Waals surface area contributed by atoms with Gasteiger partial charge in [-0.1, -0.05) is 0 Å². The quantitative estimate of drug-likeness (QED) is 0.669. The molecule has 2 saturated heterocycles. The zero-order valence-electron chi connectivity index (χ0n) is 21.1. The number of aromatic nitrogens is 3. The van der Waals surface area contributed by atoms with Crippen molar-refractivity contribution in [3.63, 3.8) is 0 Å². The maximum Gasteiger partial charge on any atom is 0.410 e. The van der Waals surface area contributed by atoms with Crippen LogP contribution in [0, 0.1) is 5.82 Å². The first-order valence-electron chi connectivity index (χ1n) is 12.4. The summed E-state index contributed by atoms with van der Waals surface area (Å²) >= 11 is 0. The van der Waals surface area contributed by atoms with E-state index < -0.39 is 5.60 Å². The molecule has 1 N–H and O–H groups in total. The number of rotatable bonds is 5. The molecule has 0 radical (unpaired) electrons. The molecule has 0 unspecified atom stereocenters. The van der Waals surface area contributed by atoms with Gasteiger partial charge in [-0.05, 0) is 57.9 Å². The molecule has 36 heavy (non-hydrogen) atoms. The molecular formula is C25H34FN7O3. The summed E-state index contributed by atoms with van der Waals surface area (Å²) < 4.78 is 18.6. The Labute approximate surface area is 210 Å². The molecule has 0 spiro atoms. The molecule has 11 heteroatoms. The Morgan fingerprint density at radius 1 is 1.06 bits per heavy atom. The second-order valence-corrected chi connectivity index (χ2v) is 10.2. The van der Waals surface area contributed by atoms with Crippen molar-refractivity contribution in [2.24, 2.45) is 0 Å². The average molecular weight is 500 g/mol. The third-order valence-electron chi connectivity index (χ3n) is 6.22. The lowest BCUT2D eigenvalue weighted by molar-refractivity contribution is -0.123. The van der Waals surface area contributed by atoms with E-state index in [1.165, 1.54) is 12.1 Å². The third kappa shape index (κ3) is 7.09. The largest absolute Gasteiger partial charge is 0.444 e. The Balaban J connectivity index is 1.20. The molecule has 1 aromatic carbocycles. The van der Waals surface area contributed by atoms with Gasteiger partial charge < -0.3 is 19.9 Å². The zero-order valence-corrected chi connectivity index (χ0v) is 21.1. The summed E-state index contributed by atoms with van der Waals surface area (Å²) in [4.78, 5) is 35.3. The van der Waals surface area contributed by atoms with Crippen LogP contribution in [0.5, 0.6) is 0 Å². The number of amides is 2. The Hall–Kier alpha value is -3.34. The van der Waals surface area contributed by atoms with Crippen LogP contribution >= 0.6 is 0 Å². The predicted molar refractivity (Wildman–Crippen MR) is 133 cm³/mol. The number of anilines is 1. The summed E-state index contributed by atoms with van der Waals surface area (Å²) in [7, 11) is 0. The minimum atomic E-state index is -0.514. The smallest absolute Gasteiger partial charge is 0.410 e. The van der Waals surface area contributed by atoms with Crippen LogP contribution in [0.4, 0.5) is 15.1 Å². The molecule has 194 valence electrons. The van der Waals surface area contributed by atoms with Crippen LogP contribution in [0.3, 0.4) is 0 Å². The lowest BCUT2D eigenvalue weighted by atomic mass is 10.1. The molecular weight excluding hydrogens is 465 g/mol. The SMILES string of the molecule is CC(C)(C)OC(=O)N1CCC(NC(=O)CN2CCN(c3nncc(-c4ccc(F)cc4)n3)CC2)CC1. The van der Waals surface area contributed by atoms with E-state index in [9.17, 15) is 14.0 Å². The number of likely N-dealkylation sites (tertiary alicyclic amines) is 1. The van der Waals surface area contributed by atoms with Crippen molar-refractivity contribution in [1.29, 1.82) is 0 Å². The summed E-state index contributed by atoms with van der Waals surface area (Å²) in [6.07, 6.45) is 2.70. The number of piperazine rings is 1. The normalized spacial score (nSPS) is 17.7. The van der Waals surface area contributed by atoms with E-state index in [1.54, 1.807) is 23.2 Å². The Kier molecular flexibility index (Phi) is 7.97. The van der Waals surface area contributed by atoms with Gasteiger partial charge in [-0.25, -0.2) is 14.2 Å². The molecule has 3 heterocycles. The first-order valence-corrected chi connectivity index (χ1v) is 12.4. The van der Waals surface area contributed by atoms with Crippen molar-refractivity contribution in [2.45, 2.75) is 45.3 Å². The summed E-state index contributed by atoms with van der Waals surface area (Å²) in [6.45, 7) is 9.80. The Bertz CT molecular complexity index is 1040. The monoisotopic (exact) mass is 499 g/mol. The van der Waals surface area contributed by atoms with Crippen LogP contribution in [-0.4, -0.2) is 94.4 Å². The van der Waals surface area contributed by atoms with Gasteiger partial charge in [0.25, 0.3) is 0 Å². The number of benzene rings is 1. The molecule has 0 aliphatic carbocycles. The number of nitrogens with one attached hydrogen (secondary N) is 1. The minimum absolute atomic E-state index is 0.00427. The van der Waals surface area contributed by atoms with Gasteiger partial charge in [0.1, 0.15) is 11.4 Å². The second-order valence-electron chi connectivity index (χ2n) is 10.2. The van der Waals surface area contributed by atoms with Gasteiger partial charge in [-0.3, -0.25) is 9.69 Å². The molecule has 2 amide bonds. The maximum atomic E-state index is 13.2. The number of ether oxygens (including phenoxy) is 1. The molecule has 2 aromatic rings. The summed E-state index contributed by atoms with van der Waals surface area (Å²) in [5.41, 5.74) is 0.902. The number of carbonyl (C=O) groups excluding carboxylic acids is 2. The zero-order chi connectivity index (χ0) is 25.7. The van der Waals surface area contributed by atoms with E-state index in [0.29, 0.717) is 70.3 Å². The van der Waals surface area contributed by atoms with Crippen LogP contribution in [0.1, 0.15) is 33.6 Å². The van der Waals surface area contributed by atoms with Gasteiger partial charge in [-0.2, -0.15) is 5.10 Å². The lowest BCUT2D eigenvalue weighted by Crippen LogP contribution is -2.52. The van der Waals surface area contributed by atoms with Crippen LogP contribution in [0.2, 0.25) is 0 Å². The number of carbonyl (C=O) groups is 2. The van der Waals surface area contributed by atoms with Crippen molar-refractivity contribution in [1.82, 2.24) is 30.3 Å². The number of piperidine rings is 1. The van der Waals surface area contributed by atoms with E-state index in [0.717, 1.165) is 5.56 Å². The van der Waals surface area contributed by atoms with Crippen LogP contribution in [-0.2, 0) is 9.53 Å². The highest BCUT2D eigenvalue weighted by atomic mass is 19.1. The molecule has 4 rings (SSSR count). The summed E-state index contributed by atoms with van der Waals surface area (Å²) in [5.74, 6) is 0.223. The van der Waals surface area contributed by atoms with Crippen molar-refractivity contribution in [3.05, 3.63) is 36.3 Å². The number of hydrogen-bond acceptors (Lipinski definition) is 8. The first-order chi connectivity index (χ1) is 17.2. The van der Waals surface area contributed by atoms with Crippen LogP contribution in [0.15, 0.2) is 30.5 Å². The van der Waals surface area contributed by atoms with Gasteiger partial charge in [0.05, 0.1) is 18.4 Å². The van der Waals surface area contributed by atoms with Gasteiger partial charge in [0.2, 0.25) is 11.9 Å². The van der Waals surface area contributed by atoms with E-state index in [1.807, 2.05) is 25.7 Å². The van der Waals surface area contributed by atoms with Crippen LogP contribution in [0.25, 0.3) is 11.3 Å². The third-order valence-corrected chi connectivity index (χ3v) is 6.22. The van der Waals surface area contributed by atoms with Gasteiger partial charge >= 0.3 is 6.09 Å². The van der Waals surface area contributed by atoms with Crippen LogP contribution < -0.4 is 10.2 Å². The molecule has 0 atom stereocenters. The van der Waals surface area contributed by atoms with Crippen molar-refractivity contribution < 1.29 is 18.7 Å². The molecule has 2 fully saturated rings. The molecule has 2 aliphatic heterocycles. The highest BCUT2D eigenvalue weighted by molar-refractivity contribution is 5.78. The van der Waals surface area contributed by atoms with E-state index in [4.69, 9.17) is 4.74 Å². The fourth-order valence-corrected chi connectivity index (χ4v) is 4.30. The fourth-order valence-electron chi connectivity index (χ4n) is 4.30.